The molecule has 0 aliphatic heterocycles. The van der Waals surface area contributed by atoms with Crippen LogP contribution in [0.15, 0.2) is 34.9 Å². The van der Waals surface area contributed by atoms with Gasteiger partial charge in [0.25, 0.3) is 0 Å². The number of amides is 1. The number of rotatable bonds is 7. The fourth-order valence-corrected chi connectivity index (χ4v) is 2.23. The molecule has 24 heavy (non-hydrogen) atoms. The maximum atomic E-state index is 12.9. The highest BCUT2D eigenvalue weighted by Crippen LogP contribution is 2.20. The summed E-state index contributed by atoms with van der Waals surface area (Å²) in [5.41, 5.74) is 0.172. The van der Waals surface area contributed by atoms with Crippen LogP contribution in [0.1, 0.15) is 32.9 Å². The third-order valence-electron chi connectivity index (χ3n) is 4.30. The van der Waals surface area contributed by atoms with Crippen molar-refractivity contribution in [1.82, 2.24) is 10.3 Å². The molecule has 1 aromatic carbocycles. The third kappa shape index (κ3) is 4.64. The molecule has 1 aromatic heterocycles. The SMILES string of the molecule is CCC(C)C(C)(O)CNC(=O)Cc1coc(-c2ccc(F)cc2)n1. The van der Waals surface area contributed by atoms with E-state index in [-0.39, 0.29) is 30.6 Å². The van der Waals surface area contributed by atoms with Crippen molar-refractivity contribution < 1.29 is 18.7 Å². The number of aromatic nitrogens is 1. The van der Waals surface area contributed by atoms with E-state index >= 15 is 0 Å². The van der Waals surface area contributed by atoms with Crippen molar-refractivity contribution in [1.29, 1.82) is 0 Å². The number of nitrogens with zero attached hydrogens (tertiary/aromatic N) is 1. The molecule has 0 radical (unpaired) electrons. The second kappa shape index (κ2) is 7.57. The van der Waals surface area contributed by atoms with E-state index in [4.69, 9.17) is 4.42 Å². The van der Waals surface area contributed by atoms with Gasteiger partial charge in [-0.3, -0.25) is 4.79 Å². The van der Waals surface area contributed by atoms with Crippen LogP contribution < -0.4 is 5.32 Å². The molecular weight excluding hydrogens is 311 g/mol. The second-order valence-corrected chi connectivity index (χ2v) is 6.27. The molecule has 6 heteroatoms. The Morgan fingerprint density at radius 1 is 1.42 bits per heavy atom. The number of aliphatic hydroxyl groups is 1. The summed E-state index contributed by atoms with van der Waals surface area (Å²) >= 11 is 0. The first-order chi connectivity index (χ1) is 11.3. The topological polar surface area (TPSA) is 75.4 Å². The summed E-state index contributed by atoms with van der Waals surface area (Å²) in [7, 11) is 0. The van der Waals surface area contributed by atoms with Crippen LogP contribution in [0.5, 0.6) is 0 Å². The van der Waals surface area contributed by atoms with Crippen LogP contribution in [-0.4, -0.2) is 28.1 Å². The normalized spacial score (nSPS) is 14.9. The zero-order chi connectivity index (χ0) is 17.7. The lowest BCUT2D eigenvalue weighted by Gasteiger charge is -2.29. The number of hydrogen-bond acceptors (Lipinski definition) is 4. The second-order valence-electron chi connectivity index (χ2n) is 6.27. The summed E-state index contributed by atoms with van der Waals surface area (Å²) in [6.07, 6.45) is 2.29. The van der Waals surface area contributed by atoms with Crippen LogP contribution >= 0.6 is 0 Å². The predicted octanol–water partition coefficient (Wildman–Crippen LogP) is 2.94. The van der Waals surface area contributed by atoms with Gasteiger partial charge in [0, 0.05) is 12.1 Å². The zero-order valence-corrected chi connectivity index (χ0v) is 14.2. The highest BCUT2D eigenvalue weighted by atomic mass is 19.1. The van der Waals surface area contributed by atoms with Gasteiger partial charge in [-0.2, -0.15) is 0 Å². The molecule has 0 fully saturated rings. The first kappa shape index (κ1) is 18.1. The molecule has 1 amide bonds. The van der Waals surface area contributed by atoms with Crippen LogP contribution in [0, 0.1) is 11.7 Å². The van der Waals surface area contributed by atoms with Crippen LogP contribution in [0.25, 0.3) is 11.5 Å². The number of hydrogen-bond donors (Lipinski definition) is 2. The monoisotopic (exact) mass is 334 g/mol. The summed E-state index contributed by atoms with van der Waals surface area (Å²) in [5, 5.41) is 13.0. The molecule has 2 N–H and O–H groups in total. The van der Waals surface area contributed by atoms with E-state index in [1.165, 1.54) is 18.4 Å². The number of oxazole rings is 1. The van der Waals surface area contributed by atoms with E-state index in [0.717, 1.165) is 6.42 Å². The standard InChI is InChI=1S/C18H23FN2O3/c1-4-12(2)18(3,23)11-20-16(22)9-15-10-24-17(21-15)13-5-7-14(19)8-6-13/h5-8,10,12,23H,4,9,11H2,1-3H3,(H,20,22). The van der Waals surface area contributed by atoms with E-state index in [1.54, 1.807) is 19.1 Å². The molecule has 0 bridgehead atoms. The molecule has 5 nitrogen and oxygen atoms in total. The number of carbonyl (C=O) groups is 1. The molecule has 0 spiro atoms. The van der Waals surface area contributed by atoms with Gasteiger partial charge in [0.15, 0.2) is 0 Å². The summed E-state index contributed by atoms with van der Waals surface area (Å²) < 4.78 is 18.2. The molecule has 0 saturated carbocycles. The minimum Gasteiger partial charge on any atom is -0.444 e. The van der Waals surface area contributed by atoms with E-state index in [1.807, 2.05) is 13.8 Å². The van der Waals surface area contributed by atoms with Gasteiger partial charge in [0.1, 0.15) is 12.1 Å². The fraction of sp³-hybridized carbons (Fsp3) is 0.444. The number of benzene rings is 1. The summed E-state index contributed by atoms with van der Waals surface area (Å²) in [6, 6.07) is 5.77. The van der Waals surface area contributed by atoms with Crippen molar-refractivity contribution in [2.75, 3.05) is 6.54 Å². The van der Waals surface area contributed by atoms with Crippen molar-refractivity contribution in [2.45, 2.75) is 39.2 Å². The Bertz CT molecular complexity index is 680. The van der Waals surface area contributed by atoms with E-state index in [2.05, 4.69) is 10.3 Å². The molecule has 0 aliphatic rings. The van der Waals surface area contributed by atoms with E-state index in [0.29, 0.717) is 17.1 Å². The van der Waals surface area contributed by atoms with Crippen LogP contribution in [0.4, 0.5) is 4.39 Å². The largest absolute Gasteiger partial charge is 0.444 e. The number of nitrogens with one attached hydrogen (secondary N) is 1. The first-order valence-corrected chi connectivity index (χ1v) is 8.01. The van der Waals surface area contributed by atoms with Crippen LogP contribution in [0.3, 0.4) is 0 Å². The van der Waals surface area contributed by atoms with Gasteiger partial charge < -0.3 is 14.8 Å². The first-order valence-electron chi connectivity index (χ1n) is 8.01. The van der Waals surface area contributed by atoms with Crippen molar-refractivity contribution >= 4 is 5.91 Å². The molecule has 2 rings (SSSR count). The highest BCUT2D eigenvalue weighted by Gasteiger charge is 2.27. The Morgan fingerprint density at radius 2 is 2.08 bits per heavy atom. The lowest BCUT2D eigenvalue weighted by Crippen LogP contribution is -2.45. The predicted molar refractivity (Wildman–Crippen MR) is 88.7 cm³/mol. The lowest BCUT2D eigenvalue weighted by molar-refractivity contribution is -0.122. The number of halogens is 1. The minimum atomic E-state index is -0.951. The molecular formula is C18H23FN2O3. The van der Waals surface area contributed by atoms with Gasteiger partial charge in [0.05, 0.1) is 17.7 Å². The smallest absolute Gasteiger partial charge is 0.226 e. The highest BCUT2D eigenvalue weighted by molar-refractivity contribution is 5.78. The van der Waals surface area contributed by atoms with Gasteiger partial charge in [0.2, 0.25) is 11.8 Å². The average molecular weight is 334 g/mol. The molecule has 2 unspecified atom stereocenters. The average Bonchev–Trinajstić information content (AvgIpc) is 3.01. The summed E-state index contributed by atoms with van der Waals surface area (Å²) in [5.74, 6) is -0.157. The maximum Gasteiger partial charge on any atom is 0.226 e. The van der Waals surface area contributed by atoms with Gasteiger partial charge in [-0.1, -0.05) is 20.3 Å². The van der Waals surface area contributed by atoms with E-state index < -0.39 is 5.60 Å². The Kier molecular flexibility index (Phi) is 5.72. The molecule has 1 heterocycles. The molecule has 2 aromatic rings. The van der Waals surface area contributed by atoms with Gasteiger partial charge in [-0.25, -0.2) is 9.37 Å². The molecule has 2 atom stereocenters. The minimum absolute atomic E-state index is 0.0568. The van der Waals surface area contributed by atoms with E-state index in [9.17, 15) is 14.3 Å². The summed E-state index contributed by atoms with van der Waals surface area (Å²) in [6.45, 7) is 5.83. The Labute approximate surface area is 140 Å². The summed E-state index contributed by atoms with van der Waals surface area (Å²) in [4.78, 5) is 16.2. The Hall–Kier alpha value is -2.21. The molecule has 0 saturated heterocycles. The van der Waals surface area contributed by atoms with Crippen molar-refractivity contribution in [3.63, 3.8) is 0 Å². The van der Waals surface area contributed by atoms with Crippen molar-refractivity contribution in [3.05, 3.63) is 42.0 Å². The lowest BCUT2D eigenvalue weighted by atomic mass is 9.88. The van der Waals surface area contributed by atoms with Crippen molar-refractivity contribution in [2.24, 2.45) is 5.92 Å². The molecule has 130 valence electrons. The van der Waals surface area contributed by atoms with Crippen molar-refractivity contribution in [3.8, 4) is 11.5 Å². The maximum absolute atomic E-state index is 12.9. The van der Waals surface area contributed by atoms with Crippen LogP contribution in [-0.2, 0) is 11.2 Å². The quantitative estimate of drug-likeness (QED) is 0.816. The Balaban J connectivity index is 1.92. The number of carbonyl (C=O) groups excluding carboxylic acids is 1. The van der Waals surface area contributed by atoms with Crippen LogP contribution in [0.2, 0.25) is 0 Å². The zero-order valence-electron chi connectivity index (χ0n) is 14.2. The fourth-order valence-electron chi connectivity index (χ4n) is 2.23. The van der Waals surface area contributed by atoms with Gasteiger partial charge >= 0.3 is 0 Å². The van der Waals surface area contributed by atoms with Gasteiger partial charge in [-0.05, 0) is 37.1 Å². The third-order valence-corrected chi connectivity index (χ3v) is 4.30. The molecule has 0 aliphatic carbocycles. The Morgan fingerprint density at radius 3 is 2.71 bits per heavy atom. The van der Waals surface area contributed by atoms with Gasteiger partial charge in [-0.15, -0.1) is 0 Å².